The standard InChI is InChI=1S/C12H22N2O2S2/c1-5-18(15,16)7-6-13-8-10-9-14-11(17-10)12(2,3)4/h9,13H,5-8H2,1-4H3. The lowest BCUT2D eigenvalue weighted by Crippen LogP contribution is -2.23. The molecule has 18 heavy (non-hydrogen) atoms. The van der Waals surface area contributed by atoms with Gasteiger partial charge in [-0.3, -0.25) is 0 Å². The molecule has 1 N–H and O–H groups in total. The Kier molecular flexibility index (Phi) is 5.31. The van der Waals surface area contributed by atoms with E-state index in [0.717, 1.165) is 9.88 Å². The Balaban J connectivity index is 2.39. The monoisotopic (exact) mass is 290 g/mol. The van der Waals surface area contributed by atoms with Crippen LogP contribution < -0.4 is 5.32 Å². The van der Waals surface area contributed by atoms with Crippen LogP contribution in [-0.4, -0.2) is 31.5 Å². The van der Waals surface area contributed by atoms with Crippen LogP contribution in [0.1, 0.15) is 37.6 Å². The SMILES string of the molecule is CCS(=O)(=O)CCNCc1cnc(C(C)(C)C)s1. The van der Waals surface area contributed by atoms with E-state index in [4.69, 9.17) is 0 Å². The van der Waals surface area contributed by atoms with Crippen LogP contribution in [0.5, 0.6) is 0 Å². The highest BCUT2D eigenvalue weighted by molar-refractivity contribution is 7.91. The summed E-state index contributed by atoms with van der Waals surface area (Å²) in [5.41, 5.74) is 0.0778. The van der Waals surface area contributed by atoms with Crippen molar-refractivity contribution in [1.82, 2.24) is 10.3 Å². The molecule has 0 aliphatic carbocycles. The van der Waals surface area contributed by atoms with Crippen LogP contribution in [0.25, 0.3) is 0 Å². The Morgan fingerprint density at radius 1 is 1.39 bits per heavy atom. The van der Waals surface area contributed by atoms with Crippen molar-refractivity contribution < 1.29 is 8.42 Å². The molecule has 0 aliphatic rings. The number of thiazole rings is 1. The third-order valence-corrected chi connectivity index (χ3v) is 5.65. The molecule has 0 atom stereocenters. The first-order valence-corrected chi connectivity index (χ1v) is 8.75. The topological polar surface area (TPSA) is 59.1 Å². The van der Waals surface area contributed by atoms with E-state index in [9.17, 15) is 8.42 Å². The van der Waals surface area contributed by atoms with Crippen LogP contribution in [-0.2, 0) is 21.8 Å². The van der Waals surface area contributed by atoms with Crippen molar-refractivity contribution in [2.75, 3.05) is 18.1 Å². The zero-order chi connectivity index (χ0) is 13.8. The molecule has 104 valence electrons. The quantitative estimate of drug-likeness (QED) is 0.814. The van der Waals surface area contributed by atoms with Crippen LogP contribution >= 0.6 is 11.3 Å². The van der Waals surface area contributed by atoms with Gasteiger partial charge in [0.05, 0.1) is 10.8 Å². The summed E-state index contributed by atoms with van der Waals surface area (Å²) >= 11 is 1.68. The van der Waals surface area contributed by atoms with Gasteiger partial charge in [-0.2, -0.15) is 0 Å². The van der Waals surface area contributed by atoms with Crippen LogP contribution in [0.3, 0.4) is 0 Å². The Labute approximate surface area is 114 Å². The Bertz CT molecular complexity index is 473. The van der Waals surface area contributed by atoms with Crippen molar-refractivity contribution in [2.24, 2.45) is 0 Å². The van der Waals surface area contributed by atoms with Gasteiger partial charge in [0, 0.05) is 35.3 Å². The molecule has 1 aromatic rings. The van der Waals surface area contributed by atoms with E-state index in [2.05, 4.69) is 31.1 Å². The molecule has 0 radical (unpaired) electrons. The number of nitrogens with zero attached hydrogens (tertiary/aromatic N) is 1. The summed E-state index contributed by atoms with van der Waals surface area (Å²) in [6.45, 7) is 9.27. The Hall–Kier alpha value is -0.460. The highest BCUT2D eigenvalue weighted by atomic mass is 32.2. The lowest BCUT2D eigenvalue weighted by Gasteiger charge is -2.13. The van der Waals surface area contributed by atoms with Crippen LogP contribution in [0, 0.1) is 0 Å². The summed E-state index contributed by atoms with van der Waals surface area (Å²) < 4.78 is 22.6. The van der Waals surface area contributed by atoms with Gasteiger partial charge in [-0.05, 0) is 0 Å². The van der Waals surface area contributed by atoms with Crippen molar-refractivity contribution in [2.45, 2.75) is 39.7 Å². The van der Waals surface area contributed by atoms with E-state index in [1.54, 1.807) is 18.3 Å². The fourth-order valence-corrected chi connectivity index (χ4v) is 3.00. The third kappa shape index (κ3) is 5.04. The van der Waals surface area contributed by atoms with Crippen molar-refractivity contribution in [3.8, 4) is 0 Å². The number of nitrogens with one attached hydrogen (secondary N) is 1. The van der Waals surface area contributed by atoms with Gasteiger partial charge in [0.25, 0.3) is 0 Å². The number of hydrogen-bond donors (Lipinski definition) is 1. The van der Waals surface area contributed by atoms with Gasteiger partial charge in [0.2, 0.25) is 0 Å². The molecule has 0 saturated heterocycles. The minimum atomic E-state index is -2.87. The molecule has 0 aliphatic heterocycles. The highest BCUT2D eigenvalue weighted by Crippen LogP contribution is 2.26. The summed E-state index contributed by atoms with van der Waals surface area (Å²) in [7, 11) is -2.87. The van der Waals surface area contributed by atoms with Crippen molar-refractivity contribution in [1.29, 1.82) is 0 Å². The largest absolute Gasteiger partial charge is 0.311 e. The number of sulfone groups is 1. The maximum absolute atomic E-state index is 11.3. The van der Waals surface area contributed by atoms with Crippen LogP contribution in [0.4, 0.5) is 0 Å². The van der Waals surface area contributed by atoms with E-state index in [0.29, 0.717) is 13.1 Å². The summed E-state index contributed by atoms with van der Waals surface area (Å²) in [6, 6.07) is 0. The average Bonchev–Trinajstić information content (AvgIpc) is 2.73. The molecule has 1 aromatic heterocycles. The van der Waals surface area contributed by atoms with Gasteiger partial charge in [-0.1, -0.05) is 27.7 Å². The maximum Gasteiger partial charge on any atom is 0.151 e. The summed E-state index contributed by atoms with van der Waals surface area (Å²) in [5, 5.41) is 4.26. The summed E-state index contributed by atoms with van der Waals surface area (Å²) in [4.78, 5) is 5.54. The van der Waals surface area contributed by atoms with Crippen LogP contribution in [0.15, 0.2) is 6.20 Å². The van der Waals surface area contributed by atoms with E-state index < -0.39 is 9.84 Å². The van der Waals surface area contributed by atoms with Crippen molar-refractivity contribution in [3.05, 3.63) is 16.1 Å². The van der Waals surface area contributed by atoms with Crippen LogP contribution in [0.2, 0.25) is 0 Å². The molecule has 0 aromatic carbocycles. The van der Waals surface area contributed by atoms with Crippen molar-refractivity contribution >= 4 is 21.2 Å². The Morgan fingerprint density at radius 2 is 2.06 bits per heavy atom. The normalized spacial score (nSPS) is 12.9. The average molecular weight is 290 g/mol. The molecule has 6 heteroatoms. The predicted octanol–water partition coefficient (Wildman–Crippen LogP) is 1.96. The molecule has 0 saturated carbocycles. The summed E-state index contributed by atoms with van der Waals surface area (Å²) in [6.07, 6.45) is 1.87. The first kappa shape index (κ1) is 15.6. The molecule has 0 spiro atoms. The first-order chi connectivity index (χ1) is 8.24. The van der Waals surface area contributed by atoms with Gasteiger partial charge in [0.1, 0.15) is 0 Å². The maximum atomic E-state index is 11.3. The summed E-state index contributed by atoms with van der Waals surface area (Å²) in [5.74, 6) is 0.415. The van der Waals surface area contributed by atoms with Crippen molar-refractivity contribution in [3.63, 3.8) is 0 Å². The number of hydrogen-bond acceptors (Lipinski definition) is 5. The second kappa shape index (κ2) is 6.12. The van der Waals surface area contributed by atoms with Gasteiger partial charge in [0.15, 0.2) is 9.84 Å². The minimum Gasteiger partial charge on any atom is -0.311 e. The zero-order valence-corrected chi connectivity index (χ0v) is 13.1. The Morgan fingerprint density at radius 3 is 2.56 bits per heavy atom. The molecule has 0 amide bonds. The number of rotatable bonds is 6. The van der Waals surface area contributed by atoms with E-state index in [1.165, 1.54) is 0 Å². The molecule has 1 rings (SSSR count). The molecule has 0 fully saturated rings. The molecule has 0 bridgehead atoms. The highest BCUT2D eigenvalue weighted by Gasteiger charge is 2.17. The second-order valence-electron chi connectivity index (χ2n) is 5.29. The molecule has 4 nitrogen and oxygen atoms in total. The third-order valence-electron chi connectivity index (χ3n) is 2.52. The smallest absolute Gasteiger partial charge is 0.151 e. The van der Waals surface area contributed by atoms with Gasteiger partial charge < -0.3 is 5.32 Å². The van der Waals surface area contributed by atoms with E-state index in [1.807, 2.05) is 6.20 Å². The fraction of sp³-hybridized carbons (Fsp3) is 0.750. The predicted molar refractivity (Wildman–Crippen MR) is 76.8 cm³/mol. The number of aromatic nitrogens is 1. The minimum absolute atomic E-state index is 0.0778. The molecule has 0 unspecified atom stereocenters. The van der Waals surface area contributed by atoms with E-state index in [-0.39, 0.29) is 16.9 Å². The molecular weight excluding hydrogens is 268 g/mol. The lowest BCUT2D eigenvalue weighted by molar-refractivity contribution is 0.585. The lowest BCUT2D eigenvalue weighted by atomic mass is 9.98. The molecular formula is C12H22N2O2S2. The zero-order valence-electron chi connectivity index (χ0n) is 11.5. The van der Waals surface area contributed by atoms with Gasteiger partial charge in [-0.25, -0.2) is 13.4 Å². The van der Waals surface area contributed by atoms with Gasteiger partial charge in [-0.15, -0.1) is 11.3 Å². The first-order valence-electron chi connectivity index (χ1n) is 6.11. The molecule has 1 heterocycles. The second-order valence-corrected chi connectivity index (χ2v) is 8.88. The van der Waals surface area contributed by atoms with E-state index >= 15 is 0 Å². The van der Waals surface area contributed by atoms with Gasteiger partial charge >= 0.3 is 0 Å². The fourth-order valence-electron chi connectivity index (χ4n) is 1.32.